The van der Waals surface area contributed by atoms with Crippen molar-refractivity contribution in [2.75, 3.05) is 0 Å². The van der Waals surface area contributed by atoms with Crippen LogP contribution in [0.25, 0.3) is 10.2 Å². The number of hydrogen-bond acceptors (Lipinski definition) is 2. The largest absolute Gasteiger partial charge is 0.312 e. The lowest BCUT2D eigenvalue weighted by Gasteiger charge is -2.03. The molecule has 0 unspecified atom stereocenters. The highest BCUT2D eigenvalue weighted by molar-refractivity contribution is 7.16. The van der Waals surface area contributed by atoms with Gasteiger partial charge in [-0.2, -0.15) is 4.99 Å². The van der Waals surface area contributed by atoms with Gasteiger partial charge in [0.2, 0.25) is 5.91 Å². The van der Waals surface area contributed by atoms with E-state index in [9.17, 15) is 4.79 Å². The molecule has 0 aliphatic carbocycles. The molecule has 4 heteroatoms. The van der Waals surface area contributed by atoms with Gasteiger partial charge < -0.3 is 4.57 Å². The van der Waals surface area contributed by atoms with E-state index < -0.39 is 0 Å². The summed E-state index contributed by atoms with van der Waals surface area (Å²) in [7, 11) is 0. The molecule has 0 spiro atoms. The van der Waals surface area contributed by atoms with Gasteiger partial charge in [-0.15, -0.1) is 6.58 Å². The van der Waals surface area contributed by atoms with Gasteiger partial charge in [0.25, 0.3) is 0 Å². The first kappa shape index (κ1) is 12.8. The first-order valence-corrected chi connectivity index (χ1v) is 6.76. The third-order valence-electron chi connectivity index (χ3n) is 2.74. The smallest absolute Gasteiger partial charge is 0.248 e. The fourth-order valence-electron chi connectivity index (χ4n) is 1.88. The van der Waals surface area contributed by atoms with Crippen molar-refractivity contribution in [2.45, 2.75) is 26.8 Å². The van der Waals surface area contributed by atoms with Crippen molar-refractivity contribution < 1.29 is 4.79 Å². The number of aryl methyl sites for hydroxylation is 1. The number of thiazole rings is 1. The van der Waals surface area contributed by atoms with Crippen LogP contribution in [0.1, 0.15) is 18.9 Å². The Morgan fingerprint density at radius 1 is 1.56 bits per heavy atom. The van der Waals surface area contributed by atoms with Crippen molar-refractivity contribution in [3.05, 3.63) is 41.2 Å². The number of carbonyl (C=O) groups excluding carboxylic acids is 1. The van der Waals surface area contributed by atoms with Crippen LogP contribution in [0.4, 0.5) is 0 Å². The Balaban J connectivity index is 2.77. The lowest BCUT2D eigenvalue weighted by atomic mass is 10.2. The molecule has 0 radical (unpaired) electrons. The van der Waals surface area contributed by atoms with Crippen LogP contribution in [-0.2, 0) is 11.3 Å². The topological polar surface area (TPSA) is 34.4 Å². The van der Waals surface area contributed by atoms with Gasteiger partial charge in [0.15, 0.2) is 4.80 Å². The number of carbonyl (C=O) groups is 1. The number of hydrogen-bond donors (Lipinski definition) is 0. The third-order valence-corrected chi connectivity index (χ3v) is 3.78. The number of benzene rings is 1. The molecule has 0 N–H and O–H groups in total. The van der Waals surface area contributed by atoms with E-state index in [1.807, 2.05) is 19.1 Å². The van der Waals surface area contributed by atoms with Crippen LogP contribution in [0.5, 0.6) is 0 Å². The molecule has 18 heavy (non-hydrogen) atoms. The van der Waals surface area contributed by atoms with Crippen LogP contribution >= 0.6 is 11.3 Å². The minimum Gasteiger partial charge on any atom is -0.312 e. The van der Waals surface area contributed by atoms with Crippen LogP contribution < -0.4 is 4.80 Å². The fraction of sp³-hybridized carbons (Fsp3) is 0.286. The van der Waals surface area contributed by atoms with Crippen LogP contribution in [0, 0.1) is 6.92 Å². The first-order chi connectivity index (χ1) is 8.67. The Kier molecular flexibility index (Phi) is 3.77. The van der Waals surface area contributed by atoms with Crippen molar-refractivity contribution in [1.82, 2.24) is 4.57 Å². The Morgan fingerprint density at radius 2 is 2.33 bits per heavy atom. The van der Waals surface area contributed by atoms with Gasteiger partial charge in [0.05, 0.1) is 10.2 Å². The molecular weight excluding hydrogens is 244 g/mol. The highest BCUT2D eigenvalue weighted by Gasteiger charge is 2.08. The molecule has 0 saturated heterocycles. The molecule has 1 aromatic carbocycles. The number of para-hydroxylation sites is 1. The molecule has 3 nitrogen and oxygen atoms in total. The summed E-state index contributed by atoms with van der Waals surface area (Å²) in [5.74, 6) is -0.0861. The zero-order valence-electron chi connectivity index (χ0n) is 10.6. The molecule has 0 atom stereocenters. The van der Waals surface area contributed by atoms with Gasteiger partial charge >= 0.3 is 0 Å². The standard InChI is InChI=1S/C14H16N2OS/c1-4-9-16-13-10(3)7-6-8-11(13)18-14(16)15-12(17)5-2/h4,6-8H,1,5,9H2,2-3H3. The van der Waals surface area contributed by atoms with Crippen molar-refractivity contribution in [2.24, 2.45) is 4.99 Å². The van der Waals surface area contributed by atoms with Crippen LogP contribution in [0.3, 0.4) is 0 Å². The van der Waals surface area contributed by atoms with E-state index in [0.29, 0.717) is 13.0 Å². The van der Waals surface area contributed by atoms with Gasteiger partial charge in [-0.25, -0.2) is 0 Å². The maximum atomic E-state index is 11.5. The van der Waals surface area contributed by atoms with Gasteiger partial charge in [0, 0.05) is 13.0 Å². The number of rotatable bonds is 3. The SMILES string of the molecule is C=CCn1c(=NC(=O)CC)sc2cccc(C)c21. The Hall–Kier alpha value is -1.68. The molecule has 2 aromatic rings. The summed E-state index contributed by atoms with van der Waals surface area (Å²) in [4.78, 5) is 16.4. The van der Waals surface area contributed by atoms with Crippen molar-refractivity contribution in [1.29, 1.82) is 0 Å². The highest BCUT2D eigenvalue weighted by atomic mass is 32.1. The van der Waals surface area contributed by atoms with Crippen LogP contribution in [0.15, 0.2) is 35.8 Å². The van der Waals surface area contributed by atoms with E-state index in [2.05, 4.69) is 35.2 Å². The second kappa shape index (κ2) is 5.31. The number of aromatic nitrogens is 1. The summed E-state index contributed by atoms with van der Waals surface area (Å²) < 4.78 is 3.20. The van der Waals surface area contributed by atoms with E-state index in [0.717, 1.165) is 15.0 Å². The lowest BCUT2D eigenvalue weighted by Crippen LogP contribution is -2.16. The zero-order valence-corrected chi connectivity index (χ0v) is 11.5. The van der Waals surface area contributed by atoms with Gasteiger partial charge in [-0.1, -0.05) is 36.5 Å². The summed E-state index contributed by atoms with van der Waals surface area (Å²) in [6, 6.07) is 6.15. The molecular formula is C14H16N2OS. The van der Waals surface area contributed by atoms with Crippen molar-refractivity contribution >= 4 is 27.5 Å². The quantitative estimate of drug-likeness (QED) is 0.781. The molecule has 0 aliphatic heterocycles. The predicted molar refractivity (Wildman–Crippen MR) is 75.6 cm³/mol. The number of amides is 1. The van der Waals surface area contributed by atoms with E-state index in [-0.39, 0.29) is 5.91 Å². The molecule has 0 fully saturated rings. The Bertz CT molecular complexity index is 664. The molecule has 0 saturated carbocycles. The normalized spacial score (nSPS) is 12.0. The summed E-state index contributed by atoms with van der Waals surface area (Å²) in [5.41, 5.74) is 2.33. The van der Waals surface area contributed by atoms with E-state index in [4.69, 9.17) is 0 Å². The van der Waals surface area contributed by atoms with Gasteiger partial charge in [0.1, 0.15) is 0 Å². The molecule has 2 rings (SSSR count). The van der Waals surface area contributed by atoms with Crippen LogP contribution in [0.2, 0.25) is 0 Å². The minimum atomic E-state index is -0.0861. The number of allylic oxidation sites excluding steroid dienone is 1. The molecule has 0 aliphatic rings. The van der Waals surface area contributed by atoms with Crippen molar-refractivity contribution in [3.63, 3.8) is 0 Å². The van der Waals surface area contributed by atoms with E-state index >= 15 is 0 Å². The van der Waals surface area contributed by atoms with Crippen molar-refractivity contribution in [3.8, 4) is 0 Å². The summed E-state index contributed by atoms with van der Waals surface area (Å²) in [6.45, 7) is 8.33. The average Bonchev–Trinajstić information content (AvgIpc) is 2.69. The fourth-order valence-corrected chi connectivity index (χ4v) is 3.01. The minimum absolute atomic E-state index is 0.0861. The summed E-state index contributed by atoms with van der Waals surface area (Å²) in [5, 5.41) is 0. The molecule has 0 bridgehead atoms. The second-order valence-electron chi connectivity index (χ2n) is 4.06. The number of nitrogens with zero attached hydrogens (tertiary/aromatic N) is 2. The lowest BCUT2D eigenvalue weighted by molar-refractivity contribution is -0.117. The van der Waals surface area contributed by atoms with Gasteiger partial charge in [-0.3, -0.25) is 4.79 Å². The Labute approximate surface area is 110 Å². The first-order valence-electron chi connectivity index (χ1n) is 5.94. The summed E-state index contributed by atoms with van der Waals surface area (Å²) >= 11 is 1.55. The van der Waals surface area contributed by atoms with E-state index in [1.54, 1.807) is 11.3 Å². The average molecular weight is 260 g/mol. The third kappa shape index (κ3) is 2.29. The Morgan fingerprint density at radius 3 is 3.00 bits per heavy atom. The molecule has 1 amide bonds. The highest BCUT2D eigenvalue weighted by Crippen LogP contribution is 2.20. The maximum absolute atomic E-state index is 11.5. The maximum Gasteiger partial charge on any atom is 0.248 e. The molecule has 1 heterocycles. The molecule has 1 aromatic heterocycles. The monoisotopic (exact) mass is 260 g/mol. The summed E-state index contributed by atoms with van der Waals surface area (Å²) in [6.07, 6.45) is 2.26. The van der Waals surface area contributed by atoms with Crippen LogP contribution in [-0.4, -0.2) is 10.5 Å². The molecule has 94 valence electrons. The number of fused-ring (bicyclic) bond motifs is 1. The zero-order chi connectivity index (χ0) is 13.1. The van der Waals surface area contributed by atoms with Gasteiger partial charge in [-0.05, 0) is 18.6 Å². The second-order valence-corrected chi connectivity index (χ2v) is 5.07. The van der Waals surface area contributed by atoms with E-state index in [1.165, 1.54) is 5.56 Å². The predicted octanol–water partition coefficient (Wildman–Crippen LogP) is 3.03.